The molecule has 0 aromatic heterocycles. The molecule has 5 rings (SSSR count). The molecule has 1 saturated carbocycles. The molecule has 2 heterocycles. The summed E-state index contributed by atoms with van der Waals surface area (Å²) < 4.78 is 0. The minimum Gasteiger partial charge on any atom is -0.338 e. The first kappa shape index (κ1) is 24.0. The Morgan fingerprint density at radius 2 is 1.27 bits per heavy atom. The Labute approximate surface area is 210 Å². The molecule has 0 radical (unpaired) electrons. The minimum absolute atomic E-state index is 0.0988. The summed E-state index contributed by atoms with van der Waals surface area (Å²) >= 11 is 0. The maximum atomic E-state index is 12.5. The fourth-order valence-electron chi connectivity index (χ4n) is 4.82. The first-order chi connectivity index (χ1) is 17.5. The van der Waals surface area contributed by atoms with Crippen LogP contribution in [-0.2, 0) is 0 Å². The van der Waals surface area contributed by atoms with Gasteiger partial charge in [0.15, 0.2) is 0 Å². The average molecular weight is 505 g/mol. The van der Waals surface area contributed by atoms with Crippen molar-refractivity contribution in [2.75, 3.05) is 17.2 Å². The quantitative estimate of drug-likeness (QED) is 0.339. The molecule has 0 bridgehead atoms. The van der Waals surface area contributed by atoms with Gasteiger partial charge in [-0.25, -0.2) is 9.59 Å². The lowest BCUT2D eigenvalue weighted by Crippen LogP contribution is -2.61. The van der Waals surface area contributed by atoms with E-state index in [4.69, 9.17) is 0 Å². The number of urea groups is 2. The highest BCUT2D eigenvalue weighted by molar-refractivity contribution is 6.22. The first-order valence-corrected chi connectivity index (χ1v) is 11.6. The third kappa shape index (κ3) is 4.37. The number of fused-ring (bicyclic) bond motifs is 2. The van der Waals surface area contributed by atoms with E-state index in [-0.39, 0.29) is 39.6 Å². The van der Waals surface area contributed by atoms with Crippen molar-refractivity contribution in [1.29, 1.82) is 0 Å². The van der Waals surface area contributed by atoms with E-state index in [9.17, 15) is 28.8 Å². The maximum absolute atomic E-state index is 12.5. The number of hydrogen-bond donors (Lipinski definition) is 6. The topological polar surface area (TPSA) is 175 Å². The van der Waals surface area contributed by atoms with Crippen LogP contribution in [0.5, 0.6) is 0 Å². The van der Waals surface area contributed by atoms with Crippen LogP contribution >= 0.6 is 0 Å². The molecule has 1 aliphatic carbocycles. The second-order valence-electron chi connectivity index (χ2n) is 9.83. The Hall–Kier alpha value is -4.74. The molecular formula is C25H24N6O6. The van der Waals surface area contributed by atoms with E-state index in [1.165, 1.54) is 24.3 Å². The molecule has 37 heavy (non-hydrogen) atoms. The average Bonchev–Trinajstić information content (AvgIpc) is 3.29. The molecule has 3 aliphatic rings. The highest BCUT2D eigenvalue weighted by atomic mass is 16.2. The largest absolute Gasteiger partial charge is 0.338 e. The van der Waals surface area contributed by atoms with Crippen LogP contribution in [-0.4, -0.2) is 48.3 Å². The summed E-state index contributed by atoms with van der Waals surface area (Å²) in [7, 11) is 0. The smallest absolute Gasteiger partial charge is 0.319 e. The number of anilines is 2. The number of nitrogens with one attached hydrogen (secondary N) is 6. The number of carbonyl (C=O) groups excluding carboxylic acids is 6. The van der Waals surface area contributed by atoms with Crippen molar-refractivity contribution in [3.8, 4) is 0 Å². The highest BCUT2D eigenvalue weighted by Gasteiger charge is 2.48. The van der Waals surface area contributed by atoms with Crippen molar-refractivity contribution < 1.29 is 28.8 Å². The molecule has 6 N–H and O–H groups in total. The van der Waals surface area contributed by atoms with Crippen molar-refractivity contribution in [3.63, 3.8) is 0 Å². The first-order valence-electron chi connectivity index (χ1n) is 11.6. The molecule has 1 fully saturated rings. The molecule has 0 unspecified atom stereocenters. The Balaban J connectivity index is 1.10. The lowest BCUT2D eigenvalue weighted by Gasteiger charge is -2.52. The van der Waals surface area contributed by atoms with Gasteiger partial charge in [-0.15, -0.1) is 0 Å². The number of amides is 8. The zero-order valence-corrected chi connectivity index (χ0v) is 20.0. The van der Waals surface area contributed by atoms with E-state index in [2.05, 4.69) is 31.9 Å². The van der Waals surface area contributed by atoms with Gasteiger partial charge in [-0.3, -0.25) is 29.8 Å². The number of imide groups is 2. The van der Waals surface area contributed by atoms with Crippen molar-refractivity contribution >= 4 is 47.1 Å². The summed E-state index contributed by atoms with van der Waals surface area (Å²) in [4.78, 5) is 71.9. The minimum atomic E-state index is -0.500. The zero-order valence-electron chi connectivity index (χ0n) is 20.0. The Morgan fingerprint density at radius 3 is 1.78 bits per heavy atom. The van der Waals surface area contributed by atoms with E-state index < -0.39 is 35.7 Å². The van der Waals surface area contributed by atoms with Gasteiger partial charge in [-0.05, 0) is 54.2 Å². The summed E-state index contributed by atoms with van der Waals surface area (Å²) in [6, 6.07) is 7.95. The van der Waals surface area contributed by atoms with Crippen molar-refractivity contribution in [3.05, 3.63) is 58.7 Å². The van der Waals surface area contributed by atoms with Crippen LogP contribution < -0.4 is 31.9 Å². The standard InChI is InChI=1S/C25H24N6O6/c1-25(2)11(10-26-23(36)27-12-3-5-14-16(8-12)21(34)30-19(14)32)7-18(25)29-24(37)28-13-4-6-15-17(9-13)22(35)31-20(15)33/h3-6,8-9,11,18H,7,10H2,1-2H3,(H2,26,27,36)(H2,28,29,37)(H,30,32,34)(H,31,33,35)/t11-,18-/m0/s1. The Morgan fingerprint density at radius 1 is 0.784 bits per heavy atom. The summed E-state index contributed by atoms with van der Waals surface area (Å²) in [5.41, 5.74) is 1.44. The highest BCUT2D eigenvalue weighted by Crippen LogP contribution is 2.45. The predicted molar refractivity (Wildman–Crippen MR) is 131 cm³/mol. The van der Waals surface area contributed by atoms with Gasteiger partial charge in [-0.2, -0.15) is 0 Å². The molecule has 0 spiro atoms. The monoisotopic (exact) mass is 504 g/mol. The molecular weight excluding hydrogens is 480 g/mol. The summed E-state index contributed by atoms with van der Waals surface area (Å²) in [5.74, 6) is -1.82. The van der Waals surface area contributed by atoms with Crippen LogP contribution in [0.4, 0.5) is 21.0 Å². The van der Waals surface area contributed by atoms with Crippen LogP contribution in [0.2, 0.25) is 0 Å². The molecule has 2 aromatic carbocycles. The molecule has 2 atom stereocenters. The fourth-order valence-corrected chi connectivity index (χ4v) is 4.82. The molecule has 190 valence electrons. The van der Waals surface area contributed by atoms with Crippen molar-refractivity contribution in [2.24, 2.45) is 11.3 Å². The van der Waals surface area contributed by atoms with Gasteiger partial charge in [0.05, 0.1) is 22.3 Å². The molecule has 8 amide bonds. The number of benzene rings is 2. The maximum Gasteiger partial charge on any atom is 0.319 e. The molecule has 12 heteroatoms. The van der Waals surface area contributed by atoms with E-state index in [1.807, 2.05) is 13.8 Å². The van der Waals surface area contributed by atoms with Crippen LogP contribution in [0.25, 0.3) is 0 Å². The second-order valence-corrected chi connectivity index (χ2v) is 9.83. The molecule has 12 nitrogen and oxygen atoms in total. The normalized spacial score (nSPS) is 20.7. The number of hydrogen-bond acceptors (Lipinski definition) is 6. The van der Waals surface area contributed by atoms with Gasteiger partial charge in [-0.1, -0.05) is 13.8 Å². The van der Waals surface area contributed by atoms with Gasteiger partial charge in [0.25, 0.3) is 23.6 Å². The predicted octanol–water partition coefficient (Wildman–Crippen LogP) is 1.81. The van der Waals surface area contributed by atoms with Gasteiger partial charge < -0.3 is 21.3 Å². The third-order valence-electron chi connectivity index (χ3n) is 7.27. The number of rotatable bonds is 5. The zero-order chi connectivity index (χ0) is 26.5. The fraction of sp³-hybridized carbons (Fsp3) is 0.280. The molecule has 2 aromatic rings. The summed E-state index contributed by atoms with van der Waals surface area (Å²) in [5, 5.41) is 15.5. The van der Waals surface area contributed by atoms with Crippen LogP contribution in [0.3, 0.4) is 0 Å². The third-order valence-corrected chi connectivity index (χ3v) is 7.27. The SMILES string of the molecule is CC1(C)[C@H](CNC(=O)Nc2ccc3c(c2)C(=O)NC3=O)C[C@@H]1NC(=O)Nc1ccc2c(c1)C(=O)NC2=O. The van der Waals surface area contributed by atoms with Gasteiger partial charge >= 0.3 is 12.1 Å². The van der Waals surface area contributed by atoms with E-state index >= 15 is 0 Å². The lowest BCUT2D eigenvalue weighted by molar-refractivity contribution is 0.0244. The lowest BCUT2D eigenvalue weighted by atomic mass is 9.58. The Bertz CT molecular complexity index is 1400. The number of carbonyl (C=O) groups is 6. The van der Waals surface area contributed by atoms with Gasteiger partial charge in [0.2, 0.25) is 0 Å². The van der Waals surface area contributed by atoms with Crippen molar-refractivity contribution in [2.45, 2.75) is 26.3 Å². The second kappa shape index (κ2) is 8.73. The summed E-state index contributed by atoms with van der Waals surface area (Å²) in [6.07, 6.45) is 0.642. The van der Waals surface area contributed by atoms with Crippen LogP contribution in [0.15, 0.2) is 36.4 Å². The van der Waals surface area contributed by atoms with Crippen LogP contribution in [0, 0.1) is 11.3 Å². The van der Waals surface area contributed by atoms with E-state index in [0.29, 0.717) is 24.3 Å². The Kier molecular flexibility index (Phi) is 5.66. The van der Waals surface area contributed by atoms with E-state index in [0.717, 1.165) is 0 Å². The van der Waals surface area contributed by atoms with Crippen molar-refractivity contribution in [1.82, 2.24) is 21.3 Å². The van der Waals surface area contributed by atoms with Gasteiger partial charge in [0.1, 0.15) is 0 Å². The summed E-state index contributed by atoms with van der Waals surface area (Å²) in [6.45, 7) is 4.36. The molecule has 0 saturated heterocycles. The molecule has 2 aliphatic heterocycles. The van der Waals surface area contributed by atoms with E-state index in [1.54, 1.807) is 12.1 Å². The van der Waals surface area contributed by atoms with Crippen LogP contribution in [0.1, 0.15) is 61.7 Å². The van der Waals surface area contributed by atoms with Gasteiger partial charge in [0, 0.05) is 24.0 Å².